The van der Waals surface area contributed by atoms with Crippen LogP contribution in [0.4, 0.5) is 11.4 Å². The third-order valence-corrected chi connectivity index (χ3v) is 8.14. The molecule has 13 heteroatoms. The number of rotatable bonds is 14. The van der Waals surface area contributed by atoms with Gasteiger partial charge in [0, 0.05) is 16.8 Å². The molecule has 1 amide bonds. The SMILES string of the molecule is CCC(C)(C)C(=O)Nc1ccc(S(=O)(=O)Nc2ccc(C#N)cc2)cc1.CCC(C)(C)C(=O)OCCOC(=O)CCC(=O)O. The van der Waals surface area contributed by atoms with Gasteiger partial charge in [-0.05, 0) is 75.2 Å². The molecule has 2 rings (SSSR count). The highest BCUT2D eigenvalue weighted by molar-refractivity contribution is 7.92. The average molecular weight is 632 g/mol. The summed E-state index contributed by atoms with van der Waals surface area (Å²) in [6.45, 7) is 11.0. The van der Waals surface area contributed by atoms with Gasteiger partial charge in [-0.3, -0.25) is 23.9 Å². The highest BCUT2D eigenvalue weighted by Crippen LogP contribution is 2.24. The van der Waals surface area contributed by atoms with E-state index in [0.717, 1.165) is 0 Å². The predicted molar refractivity (Wildman–Crippen MR) is 164 cm³/mol. The number of benzene rings is 2. The van der Waals surface area contributed by atoms with Crippen molar-refractivity contribution in [1.29, 1.82) is 5.26 Å². The lowest BCUT2D eigenvalue weighted by Crippen LogP contribution is -2.29. The van der Waals surface area contributed by atoms with Gasteiger partial charge in [-0.15, -0.1) is 0 Å². The number of carbonyl (C=O) groups excluding carboxylic acids is 3. The molecule has 0 aliphatic rings. The zero-order valence-electron chi connectivity index (χ0n) is 25.9. The van der Waals surface area contributed by atoms with Crippen LogP contribution in [0.3, 0.4) is 0 Å². The van der Waals surface area contributed by atoms with Crippen LogP contribution < -0.4 is 10.0 Å². The summed E-state index contributed by atoms with van der Waals surface area (Å²) in [5.41, 5.74) is 0.304. The van der Waals surface area contributed by atoms with E-state index < -0.39 is 32.8 Å². The van der Waals surface area contributed by atoms with Gasteiger partial charge in [0.2, 0.25) is 5.91 Å². The number of nitrogens with one attached hydrogen (secondary N) is 2. The first-order valence-electron chi connectivity index (χ1n) is 14.0. The maximum absolute atomic E-state index is 12.4. The van der Waals surface area contributed by atoms with Gasteiger partial charge in [0.05, 0.1) is 34.8 Å². The zero-order valence-corrected chi connectivity index (χ0v) is 26.7. The van der Waals surface area contributed by atoms with Crippen LogP contribution in [0.15, 0.2) is 53.4 Å². The molecule has 0 atom stereocenters. The van der Waals surface area contributed by atoms with E-state index in [4.69, 9.17) is 19.8 Å². The van der Waals surface area contributed by atoms with Gasteiger partial charge < -0.3 is 19.9 Å². The van der Waals surface area contributed by atoms with Crippen molar-refractivity contribution in [1.82, 2.24) is 0 Å². The average Bonchev–Trinajstić information content (AvgIpc) is 2.98. The van der Waals surface area contributed by atoms with Crippen molar-refractivity contribution in [2.24, 2.45) is 10.8 Å². The Morgan fingerprint density at radius 3 is 1.84 bits per heavy atom. The number of carbonyl (C=O) groups is 4. The van der Waals surface area contributed by atoms with Crippen molar-refractivity contribution in [3.05, 3.63) is 54.1 Å². The fourth-order valence-corrected chi connectivity index (χ4v) is 3.97. The van der Waals surface area contributed by atoms with Crippen molar-refractivity contribution in [3.63, 3.8) is 0 Å². The van der Waals surface area contributed by atoms with E-state index in [2.05, 4.69) is 10.0 Å². The molecule has 0 aromatic heterocycles. The minimum absolute atomic E-state index is 0.0128. The van der Waals surface area contributed by atoms with Gasteiger partial charge in [-0.2, -0.15) is 5.26 Å². The highest BCUT2D eigenvalue weighted by atomic mass is 32.2. The first-order valence-corrected chi connectivity index (χ1v) is 15.4. The van der Waals surface area contributed by atoms with E-state index in [9.17, 15) is 27.6 Å². The summed E-state index contributed by atoms with van der Waals surface area (Å²) >= 11 is 0. The van der Waals surface area contributed by atoms with Crippen LogP contribution in [0, 0.1) is 22.2 Å². The Labute approximate surface area is 258 Å². The number of sulfonamides is 1. The number of hydrogen-bond donors (Lipinski definition) is 3. The second-order valence-corrected chi connectivity index (χ2v) is 12.7. The van der Waals surface area contributed by atoms with E-state index >= 15 is 0 Å². The molecular formula is C31H41N3O9S. The topological polar surface area (TPSA) is 189 Å². The number of hydrogen-bond acceptors (Lipinski definition) is 9. The fourth-order valence-electron chi connectivity index (χ4n) is 2.92. The second kappa shape index (κ2) is 17.0. The van der Waals surface area contributed by atoms with Gasteiger partial charge >= 0.3 is 17.9 Å². The third kappa shape index (κ3) is 12.8. The molecule has 0 aliphatic carbocycles. The third-order valence-electron chi connectivity index (χ3n) is 6.75. The van der Waals surface area contributed by atoms with Gasteiger partial charge in [0.15, 0.2) is 0 Å². The summed E-state index contributed by atoms with van der Waals surface area (Å²) in [6.07, 6.45) is 0.912. The Hall–Kier alpha value is -4.44. The minimum atomic E-state index is -3.76. The number of ether oxygens (including phenoxy) is 2. The summed E-state index contributed by atoms with van der Waals surface area (Å²) in [4.78, 5) is 45.0. The largest absolute Gasteiger partial charge is 0.481 e. The second-order valence-electron chi connectivity index (χ2n) is 11.0. The van der Waals surface area contributed by atoms with Crippen LogP contribution in [-0.2, 0) is 38.7 Å². The van der Waals surface area contributed by atoms with E-state index in [0.29, 0.717) is 29.8 Å². The van der Waals surface area contributed by atoms with Gasteiger partial charge in [-0.1, -0.05) is 27.7 Å². The molecule has 2 aromatic carbocycles. The lowest BCUT2D eigenvalue weighted by Gasteiger charge is -2.21. The number of nitriles is 1. The molecule has 0 heterocycles. The molecule has 0 spiro atoms. The zero-order chi connectivity index (χ0) is 33.6. The van der Waals surface area contributed by atoms with Crippen LogP contribution in [0.1, 0.15) is 72.8 Å². The maximum Gasteiger partial charge on any atom is 0.311 e. The highest BCUT2D eigenvalue weighted by Gasteiger charge is 2.27. The molecule has 0 radical (unpaired) electrons. The molecule has 0 aliphatic heterocycles. The summed E-state index contributed by atoms with van der Waals surface area (Å²) in [7, 11) is -3.76. The number of amides is 1. The van der Waals surface area contributed by atoms with E-state index in [1.165, 1.54) is 36.4 Å². The quantitative estimate of drug-likeness (QED) is 0.187. The van der Waals surface area contributed by atoms with Crippen molar-refractivity contribution < 1.29 is 42.2 Å². The predicted octanol–water partition coefficient (Wildman–Crippen LogP) is 5.11. The van der Waals surface area contributed by atoms with Crippen molar-refractivity contribution in [3.8, 4) is 6.07 Å². The van der Waals surface area contributed by atoms with Crippen LogP contribution in [-0.4, -0.2) is 50.6 Å². The molecule has 0 saturated carbocycles. The molecule has 12 nitrogen and oxygen atoms in total. The first-order chi connectivity index (χ1) is 20.5. The molecule has 2 aromatic rings. The van der Waals surface area contributed by atoms with Gasteiger partial charge in [0.1, 0.15) is 13.2 Å². The Bertz CT molecular complexity index is 1430. The Morgan fingerprint density at radius 2 is 1.34 bits per heavy atom. The minimum Gasteiger partial charge on any atom is -0.481 e. The van der Waals surface area contributed by atoms with Crippen molar-refractivity contribution in [2.45, 2.75) is 72.1 Å². The number of aliphatic carboxylic acids is 1. The molecule has 0 fully saturated rings. The van der Waals surface area contributed by atoms with Crippen LogP contribution >= 0.6 is 0 Å². The molecule has 0 unspecified atom stereocenters. The number of anilines is 2. The summed E-state index contributed by atoms with van der Waals surface area (Å²) < 4.78 is 37.0. The van der Waals surface area contributed by atoms with Crippen LogP contribution in [0.25, 0.3) is 0 Å². The standard InChI is InChI=1S/C19H21N3O3S.C12H20O6/c1-4-19(2,3)18(23)21-15-9-11-17(12-10-15)26(24,25)22-16-7-5-14(13-20)6-8-16;1-4-12(2,3)11(16)18-8-7-17-10(15)6-5-9(13)14/h5-12,22H,4H2,1-3H3,(H,21,23);4-8H2,1-3H3,(H,13,14). The van der Waals surface area contributed by atoms with Gasteiger partial charge in [-0.25, -0.2) is 8.42 Å². The Kier molecular flexibility index (Phi) is 14.5. The van der Waals surface area contributed by atoms with E-state index in [1.807, 2.05) is 33.8 Å². The first kappa shape index (κ1) is 37.6. The Morgan fingerprint density at radius 1 is 0.818 bits per heavy atom. The molecular weight excluding hydrogens is 590 g/mol. The summed E-state index contributed by atoms with van der Waals surface area (Å²) in [6, 6.07) is 14.1. The number of carboxylic acid groups (broad SMARTS) is 1. The number of nitrogens with zero attached hydrogens (tertiary/aromatic N) is 1. The fraction of sp³-hybridized carbons (Fsp3) is 0.452. The van der Waals surface area contributed by atoms with Crippen LogP contribution in [0.5, 0.6) is 0 Å². The van der Waals surface area contributed by atoms with E-state index in [1.54, 1.807) is 26.0 Å². The molecule has 44 heavy (non-hydrogen) atoms. The van der Waals surface area contributed by atoms with E-state index in [-0.39, 0.29) is 42.8 Å². The van der Waals surface area contributed by atoms with Crippen molar-refractivity contribution in [2.75, 3.05) is 23.3 Å². The Balaban J connectivity index is 0.000000474. The van der Waals surface area contributed by atoms with Crippen molar-refractivity contribution >= 4 is 45.2 Å². The molecule has 240 valence electrons. The lowest BCUT2D eigenvalue weighted by molar-refractivity contribution is -0.159. The lowest BCUT2D eigenvalue weighted by atomic mass is 9.89. The summed E-state index contributed by atoms with van der Waals surface area (Å²) in [5.74, 6) is -2.12. The monoisotopic (exact) mass is 631 g/mol. The number of esters is 2. The molecule has 0 bridgehead atoms. The maximum atomic E-state index is 12.4. The normalized spacial score (nSPS) is 11.2. The van der Waals surface area contributed by atoms with Crippen LogP contribution in [0.2, 0.25) is 0 Å². The molecule has 3 N–H and O–H groups in total. The van der Waals surface area contributed by atoms with Gasteiger partial charge in [0.25, 0.3) is 10.0 Å². The number of carboxylic acids is 1. The summed E-state index contributed by atoms with van der Waals surface area (Å²) in [5, 5.41) is 19.9. The smallest absolute Gasteiger partial charge is 0.311 e. The molecule has 0 saturated heterocycles.